The quantitative estimate of drug-likeness (QED) is 0.884. The van der Waals surface area contributed by atoms with E-state index in [1.165, 1.54) is 0 Å². The second-order valence-electron chi connectivity index (χ2n) is 4.91. The van der Waals surface area contributed by atoms with Crippen LogP contribution in [-0.4, -0.2) is 22.8 Å². The molecule has 0 saturated heterocycles. The Labute approximate surface area is 111 Å². The molecule has 0 aliphatic carbocycles. The fourth-order valence-electron chi connectivity index (χ4n) is 2.25. The minimum absolute atomic E-state index is 0.0927. The number of rotatable bonds is 3. The third kappa shape index (κ3) is 2.29. The standard InChI is InChI=1S/C14H17N3O2/c1-8(15)5-13-16-9(2)14(17-13)10-3-4-11-12(6-10)19-7-18-11/h3-4,6,8H,5,7,15H2,1-2H3,(H,16,17). The van der Waals surface area contributed by atoms with E-state index >= 15 is 0 Å². The highest BCUT2D eigenvalue weighted by Crippen LogP contribution is 2.36. The van der Waals surface area contributed by atoms with Crippen molar-refractivity contribution in [2.75, 3.05) is 6.79 Å². The Morgan fingerprint density at radius 3 is 2.95 bits per heavy atom. The van der Waals surface area contributed by atoms with Gasteiger partial charge >= 0.3 is 0 Å². The fraction of sp³-hybridized carbons (Fsp3) is 0.357. The zero-order valence-electron chi connectivity index (χ0n) is 11.1. The molecule has 1 atom stereocenters. The van der Waals surface area contributed by atoms with Gasteiger partial charge in [0, 0.05) is 23.7 Å². The molecule has 100 valence electrons. The summed E-state index contributed by atoms with van der Waals surface area (Å²) in [6.45, 7) is 4.27. The van der Waals surface area contributed by atoms with Crippen molar-refractivity contribution in [1.29, 1.82) is 0 Å². The predicted molar refractivity (Wildman–Crippen MR) is 72.2 cm³/mol. The van der Waals surface area contributed by atoms with E-state index in [9.17, 15) is 0 Å². The Bertz CT molecular complexity index is 605. The second kappa shape index (κ2) is 4.59. The number of benzene rings is 1. The summed E-state index contributed by atoms with van der Waals surface area (Å²) >= 11 is 0. The number of H-pyrrole nitrogens is 1. The Morgan fingerprint density at radius 1 is 1.37 bits per heavy atom. The van der Waals surface area contributed by atoms with Crippen LogP contribution in [-0.2, 0) is 6.42 Å². The number of aryl methyl sites for hydroxylation is 1. The van der Waals surface area contributed by atoms with Crippen LogP contribution in [0.1, 0.15) is 18.4 Å². The van der Waals surface area contributed by atoms with E-state index in [1.807, 2.05) is 32.0 Å². The van der Waals surface area contributed by atoms with Crippen LogP contribution < -0.4 is 15.2 Å². The summed E-state index contributed by atoms with van der Waals surface area (Å²) in [5.74, 6) is 2.47. The van der Waals surface area contributed by atoms with E-state index < -0.39 is 0 Å². The lowest BCUT2D eigenvalue weighted by molar-refractivity contribution is 0.174. The van der Waals surface area contributed by atoms with Crippen LogP contribution in [0.2, 0.25) is 0 Å². The maximum Gasteiger partial charge on any atom is 0.231 e. The normalized spacial score (nSPS) is 14.7. The number of aromatic nitrogens is 2. The first-order chi connectivity index (χ1) is 9.13. The molecule has 1 unspecified atom stereocenters. The highest BCUT2D eigenvalue weighted by molar-refractivity contribution is 5.66. The predicted octanol–water partition coefficient (Wildman–Crippen LogP) is 2.00. The van der Waals surface area contributed by atoms with E-state index in [0.29, 0.717) is 0 Å². The molecule has 1 aliphatic heterocycles. The molecule has 1 aliphatic rings. The minimum atomic E-state index is 0.0927. The van der Waals surface area contributed by atoms with Crippen LogP contribution in [0.4, 0.5) is 0 Å². The van der Waals surface area contributed by atoms with Gasteiger partial charge in [-0.2, -0.15) is 0 Å². The molecule has 0 amide bonds. The molecule has 2 aromatic rings. The SMILES string of the molecule is Cc1[nH]c(CC(C)N)nc1-c1ccc2c(c1)OCO2. The largest absolute Gasteiger partial charge is 0.454 e. The van der Waals surface area contributed by atoms with Crippen molar-refractivity contribution in [2.24, 2.45) is 5.73 Å². The molecule has 1 aromatic heterocycles. The van der Waals surface area contributed by atoms with Crippen molar-refractivity contribution >= 4 is 0 Å². The molecule has 5 heteroatoms. The summed E-state index contributed by atoms with van der Waals surface area (Å²) in [6.07, 6.45) is 0.741. The first-order valence-corrected chi connectivity index (χ1v) is 6.34. The number of imidazole rings is 1. The summed E-state index contributed by atoms with van der Waals surface area (Å²) in [7, 11) is 0. The number of hydrogen-bond acceptors (Lipinski definition) is 4. The highest BCUT2D eigenvalue weighted by Gasteiger charge is 2.16. The van der Waals surface area contributed by atoms with Gasteiger partial charge in [-0.05, 0) is 32.0 Å². The van der Waals surface area contributed by atoms with Crippen molar-refractivity contribution < 1.29 is 9.47 Å². The molecule has 0 bridgehead atoms. The Kier molecular flexibility index (Phi) is 2.91. The fourth-order valence-corrected chi connectivity index (χ4v) is 2.25. The van der Waals surface area contributed by atoms with Gasteiger partial charge in [0.1, 0.15) is 5.82 Å². The molecule has 0 radical (unpaired) electrons. The number of hydrogen-bond donors (Lipinski definition) is 2. The Hall–Kier alpha value is -2.01. The zero-order chi connectivity index (χ0) is 13.4. The van der Waals surface area contributed by atoms with E-state index in [0.717, 1.165) is 40.7 Å². The van der Waals surface area contributed by atoms with Gasteiger partial charge in [-0.15, -0.1) is 0 Å². The number of aromatic amines is 1. The van der Waals surface area contributed by atoms with Gasteiger partial charge in [-0.25, -0.2) is 4.98 Å². The van der Waals surface area contributed by atoms with E-state index in [2.05, 4.69) is 9.97 Å². The zero-order valence-corrected chi connectivity index (χ0v) is 11.1. The number of ether oxygens (including phenoxy) is 2. The minimum Gasteiger partial charge on any atom is -0.454 e. The molecule has 0 saturated carbocycles. The van der Waals surface area contributed by atoms with Gasteiger partial charge in [0.15, 0.2) is 11.5 Å². The smallest absolute Gasteiger partial charge is 0.231 e. The van der Waals surface area contributed by atoms with Crippen molar-refractivity contribution in [3.63, 3.8) is 0 Å². The number of fused-ring (bicyclic) bond motifs is 1. The average Bonchev–Trinajstić information content (AvgIpc) is 2.93. The molecule has 3 rings (SSSR count). The van der Waals surface area contributed by atoms with E-state index in [4.69, 9.17) is 15.2 Å². The van der Waals surface area contributed by atoms with E-state index in [1.54, 1.807) is 0 Å². The topological polar surface area (TPSA) is 73.2 Å². The Balaban J connectivity index is 1.95. The summed E-state index contributed by atoms with van der Waals surface area (Å²) in [4.78, 5) is 7.89. The van der Waals surface area contributed by atoms with Gasteiger partial charge in [-0.1, -0.05) is 0 Å². The second-order valence-corrected chi connectivity index (χ2v) is 4.91. The molecular formula is C14H17N3O2. The van der Waals surface area contributed by atoms with Crippen molar-refractivity contribution in [3.8, 4) is 22.8 Å². The summed E-state index contributed by atoms with van der Waals surface area (Å²) in [6, 6.07) is 5.96. The Morgan fingerprint density at radius 2 is 2.16 bits per heavy atom. The van der Waals surface area contributed by atoms with Gasteiger partial charge in [0.25, 0.3) is 0 Å². The molecule has 0 spiro atoms. The number of nitrogens with zero attached hydrogens (tertiary/aromatic N) is 1. The molecule has 19 heavy (non-hydrogen) atoms. The van der Waals surface area contributed by atoms with Crippen molar-refractivity contribution in [2.45, 2.75) is 26.3 Å². The first kappa shape index (κ1) is 12.0. The van der Waals surface area contributed by atoms with Crippen LogP contribution in [0.5, 0.6) is 11.5 Å². The van der Waals surface area contributed by atoms with Crippen LogP contribution in [0.25, 0.3) is 11.3 Å². The third-order valence-electron chi connectivity index (χ3n) is 3.10. The summed E-state index contributed by atoms with van der Waals surface area (Å²) in [5, 5.41) is 0. The van der Waals surface area contributed by atoms with Gasteiger partial charge in [0.2, 0.25) is 6.79 Å². The van der Waals surface area contributed by atoms with Crippen LogP contribution >= 0.6 is 0 Å². The van der Waals surface area contributed by atoms with E-state index in [-0.39, 0.29) is 12.8 Å². The lowest BCUT2D eigenvalue weighted by Gasteiger charge is -2.01. The van der Waals surface area contributed by atoms with Gasteiger partial charge in [0.05, 0.1) is 5.69 Å². The summed E-state index contributed by atoms with van der Waals surface area (Å²) in [5.41, 5.74) is 8.80. The lowest BCUT2D eigenvalue weighted by atomic mass is 10.1. The number of nitrogens with two attached hydrogens (primary N) is 1. The lowest BCUT2D eigenvalue weighted by Crippen LogP contribution is -2.18. The van der Waals surface area contributed by atoms with Crippen LogP contribution in [0.3, 0.4) is 0 Å². The molecule has 2 heterocycles. The monoisotopic (exact) mass is 259 g/mol. The molecule has 5 nitrogen and oxygen atoms in total. The van der Waals surface area contributed by atoms with Gasteiger partial charge < -0.3 is 20.2 Å². The highest BCUT2D eigenvalue weighted by atomic mass is 16.7. The molecule has 0 fully saturated rings. The molecular weight excluding hydrogens is 242 g/mol. The maximum absolute atomic E-state index is 5.80. The molecule has 3 N–H and O–H groups in total. The molecule has 1 aromatic carbocycles. The average molecular weight is 259 g/mol. The summed E-state index contributed by atoms with van der Waals surface area (Å²) < 4.78 is 10.7. The van der Waals surface area contributed by atoms with Crippen LogP contribution in [0, 0.1) is 6.92 Å². The maximum atomic E-state index is 5.80. The first-order valence-electron chi connectivity index (χ1n) is 6.34. The third-order valence-corrected chi connectivity index (χ3v) is 3.10. The van der Waals surface area contributed by atoms with Gasteiger partial charge in [-0.3, -0.25) is 0 Å². The van der Waals surface area contributed by atoms with Crippen molar-refractivity contribution in [1.82, 2.24) is 9.97 Å². The number of nitrogens with one attached hydrogen (secondary N) is 1. The van der Waals surface area contributed by atoms with Crippen LogP contribution in [0.15, 0.2) is 18.2 Å². The van der Waals surface area contributed by atoms with Crippen molar-refractivity contribution in [3.05, 3.63) is 29.7 Å².